The molecule has 0 aromatic heterocycles. The Labute approximate surface area is 159 Å². The third-order valence-electron chi connectivity index (χ3n) is 4.85. The van der Waals surface area contributed by atoms with Crippen LogP contribution in [0.2, 0.25) is 5.02 Å². The van der Waals surface area contributed by atoms with E-state index in [1.165, 1.54) is 0 Å². The Balaban J connectivity index is 1.62. The molecule has 5 heteroatoms. The van der Waals surface area contributed by atoms with Gasteiger partial charge in [-0.05, 0) is 56.5 Å². The van der Waals surface area contributed by atoms with Crippen molar-refractivity contribution in [2.75, 3.05) is 18.0 Å². The number of benzene rings is 2. The van der Waals surface area contributed by atoms with Crippen LogP contribution in [0.4, 0.5) is 5.69 Å². The number of carbonyl (C=O) groups is 2. The molecule has 0 radical (unpaired) electrons. The normalized spacial score (nSPS) is 15.1. The monoisotopic (exact) mass is 370 g/mol. The first-order chi connectivity index (χ1) is 12.3. The first-order valence-corrected chi connectivity index (χ1v) is 9.11. The average molecular weight is 371 g/mol. The Morgan fingerprint density at radius 1 is 1.15 bits per heavy atom. The van der Waals surface area contributed by atoms with Crippen molar-refractivity contribution in [3.8, 4) is 0 Å². The van der Waals surface area contributed by atoms with Gasteiger partial charge in [-0.2, -0.15) is 0 Å². The van der Waals surface area contributed by atoms with Crippen LogP contribution in [0.1, 0.15) is 30.5 Å². The average Bonchev–Trinajstić information content (AvgIpc) is 2.77. The molecule has 26 heavy (non-hydrogen) atoms. The molecule has 1 aliphatic rings. The van der Waals surface area contributed by atoms with Gasteiger partial charge in [-0.1, -0.05) is 41.4 Å². The Bertz CT molecular complexity index is 844. The smallest absolute Gasteiger partial charge is 0.240 e. The summed E-state index contributed by atoms with van der Waals surface area (Å²) in [6.45, 7) is 6.39. The Kier molecular flexibility index (Phi) is 5.05. The number of hydrogen-bond donors (Lipinski definition) is 1. The molecule has 1 heterocycles. The first kappa shape index (κ1) is 18.5. The zero-order valence-corrected chi connectivity index (χ0v) is 16.1. The van der Waals surface area contributed by atoms with Crippen molar-refractivity contribution in [3.05, 3.63) is 64.2 Å². The number of anilines is 1. The molecule has 0 fully saturated rings. The number of rotatable bonds is 5. The molecular weight excluding hydrogens is 348 g/mol. The molecule has 0 atom stereocenters. The topological polar surface area (TPSA) is 49.4 Å². The number of aryl methyl sites for hydroxylation is 1. The molecule has 0 unspecified atom stereocenters. The lowest BCUT2D eigenvalue weighted by molar-refractivity contribution is -0.125. The predicted octanol–water partition coefficient (Wildman–Crippen LogP) is 3.63. The maximum Gasteiger partial charge on any atom is 0.240 e. The predicted molar refractivity (Wildman–Crippen MR) is 105 cm³/mol. The summed E-state index contributed by atoms with van der Waals surface area (Å²) in [4.78, 5) is 26.7. The largest absolute Gasteiger partial charge is 0.354 e. The van der Waals surface area contributed by atoms with Gasteiger partial charge in [0, 0.05) is 17.3 Å². The lowest BCUT2D eigenvalue weighted by Gasteiger charge is -2.20. The van der Waals surface area contributed by atoms with E-state index in [1.807, 2.05) is 63.2 Å². The standard InChI is InChI=1S/C21H23ClN2O2/c1-14-4-9-18-17(12-14)21(2,3)20(26)24(18)13-19(25)23-11-10-15-5-7-16(22)8-6-15/h4-9,12H,10-11,13H2,1-3H3,(H,23,25). The fraction of sp³-hybridized carbons (Fsp3) is 0.333. The van der Waals surface area contributed by atoms with Gasteiger partial charge in [0.2, 0.25) is 11.8 Å². The van der Waals surface area contributed by atoms with Gasteiger partial charge >= 0.3 is 0 Å². The zero-order chi connectivity index (χ0) is 18.9. The van der Waals surface area contributed by atoms with E-state index in [0.717, 1.165) is 28.8 Å². The molecule has 0 spiro atoms. The molecule has 0 bridgehead atoms. The van der Waals surface area contributed by atoms with Crippen molar-refractivity contribution in [1.29, 1.82) is 0 Å². The van der Waals surface area contributed by atoms with Crippen LogP contribution >= 0.6 is 11.6 Å². The summed E-state index contributed by atoms with van der Waals surface area (Å²) < 4.78 is 0. The minimum Gasteiger partial charge on any atom is -0.354 e. The molecule has 2 aromatic rings. The second kappa shape index (κ2) is 7.12. The van der Waals surface area contributed by atoms with Gasteiger partial charge in [0.15, 0.2) is 0 Å². The number of halogens is 1. The van der Waals surface area contributed by atoms with Crippen LogP contribution in [0, 0.1) is 6.92 Å². The Morgan fingerprint density at radius 2 is 1.85 bits per heavy atom. The molecule has 1 aliphatic heterocycles. The first-order valence-electron chi connectivity index (χ1n) is 8.73. The summed E-state index contributed by atoms with van der Waals surface area (Å²) in [5, 5.41) is 3.59. The van der Waals surface area contributed by atoms with Crippen molar-refractivity contribution in [1.82, 2.24) is 5.32 Å². The number of fused-ring (bicyclic) bond motifs is 1. The fourth-order valence-electron chi connectivity index (χ4n) is 3.30. The van der Waals surface area contributed by atoms with E-state index < -0.39 is 5.41 Å². The van der Waals surface area contributed by atoms with Gasteiger partial charge in [0.05, 0.1) is 5.41 Å². The number of hydrogen-bond acceptors (Lipinski definition) is 2. The van der Waals surface area contributed by atoms with Crippen molar-refractivity contribution < 1.29 is 9.59 Å². The van der Waals surface area contributed by atoms with E-state index in [0.29, 0.717) is 11.6 Å². The van der Waals surface area contributed by atoms with E-state index in [2.05, 4.69) is 5.32 Å². The van der Waals surface area contributed by atoms with Gasteiger partial charge in [0.1, 0.15) is 6.54 Å². The van der Waals surface area contributed by atoms with Crippen LogP contribution in [-0.2, 0) is 21.4 Å². The summed E-state index contributed by atoms with van der Waals surface area (Å²) in [5.74, 6) is -0.192. The van der Waals surface area contributed by atoms with Crippen LogP contribution in [-0.4, -0.2) is 24.9 Å². The van der Waals surface area contributed by atoms with Crippen LogP contribution < -0.4 is 10.2 Å². The maximum absolute atomic E-state index is 12.8. The highest BCUT2D eigenvalue weighted by atomic mass is 35.5. The molecule has 2 aromatic carbocycles. The Hall–Kier alpha value is -2.33. The van der Waals surface area contributed by atoms with Crippen LogP contribution in [0.25, 0.3) is 0 Å². The molecule has 0 aliphatic carbocycles. The molecule has 3 rings (SSSR count). The van der Waals surface area contributed by atoms with Gasteiger partial charge in [-0.25, -0.2) is 0 Å². The molecular formula is C21H23ClN2O2. The fourth-order valence-corrected chi connectivity index (χ4v) is 3.43. The Morgan fingerprint density at radius 3 is 2.54 bits per heavy atom. The van der Waals surface area contributed by atoms with Crippen molar-refractivity contribution in [3.63, 3.8) is 0 Å². The summed E-state index contributed by atoms with van der Waals surface area (Å²) in [6, 6.07) is 13.5. The number of carbonyl (C=O) groups excluding carboxylic acids is 2. The number of amides is 2. The van der Waals surface area contributed by atoms with E-state index in [-0.39, 0.29) is 18.4 Å². The second-order valence-electron chi connectivity index (χ2n) is 7.26. The highest BCUT2D eigenvalue weighted by Gasteiger charge is 2.44. The molecule has 1 N–H and O–H groups in total. The SMILES string of the molecule is Cc1ccc2c(c1)C(C)(C)C(=O)N2CC(=O)NCCc1ccc(Cl)cc1. The van der Waals surface area contributed by atoms with Gasteiger partial charge in [-0.15, -0.1) is 0 Å². The summed E-state index contributed by atoms with van der Waals surface area (Å²) in [6.07, 6.45) is 0.720. The second-order valence-corrected chi connectivity index (χ2v) is 7.70. The molecule has 0 saturated heterocycles. The number of nitrogens with zero attached hydrogens (tertiary/aromatic N) is 1. The third kappa shape index (κ3) is 3.61. The molecule has 0 saturated carbocycles. The number of nitrogens with one attached hydrogen (secondary N) is 1. The lowest BCUT2D eigenvalue weighted by Crippen LogP contribution is -2.43. The van der Waals surface area contributed by atoms with Crippen LogP contribution in [0.5, 0.6) is 0 Å². The molecule has 2 amide bonds. The molecule has 4 nitrogen and oxygen atoms in total. The van der Waals surface area contributed by atoms with Crippen LogP contribution in [0.3, 0.4) is 0 Å². The highest BCUT2D eigenvalue weighted by Crippen LogP contribution is 2.41. The van der Waals surface area contributed by atoms with E-state index in [9.17, 15) is 9.59 Å². The van der Waals surface area contributed by atoms with Crippen molar-refractivity contribution in [2.45, 2.75) is 32.6 Å². The lowest BCUT2D eigenvalue weighted by atomic mass is 9.85. The van der Waals surface area contributed by atoms with Crippen molar-refractivity contribution in [2.24, 2.45) is 0 Å². The third-order valence-corrected chi connectivity index (χ3v) is 5.10. The van der Waals surface area contributed by atoms with Crippen molar-refractivity contribution >= 4 is 29.1 Å². The van der Waals surface area contributed by atoms with Gasteiger partial charge in [0.25, 0.3) is 0 Å². The minimum atomic E-state index is -0.606. The molecule has 136 valence electrons. The minimum absolute atomic E-state index is 0.0362. The van der Waals surface area contributed by atoms with Gasteiger partial charge < -0.3 is 10.2 Å². The summed E-state index contributed by atoms with van der Waals surface area (Å²) in [7, 11) is 0. The zero-order valence-electron chi connectivity index (χ0n) is 15.3. The maximum atomic E-state index is 12.8. The highest BCUT2D eigenvalue weighted by molar-refractivity contribution is 6.30. The quantitative estimate of drug-likeness (QED) is 0.873. The van der Waals surface area contributed by atoms with E-state index in [1.54, 1.807) is 4.90 Å². The summed E-state index contributed by atoms with van der Waals surface area (Å²) >= 11 is 5.87. The van der Waals surface area contributed by atoms with E-state index >= 15 is 0 Å². The van der Waals surface area contributed by atoms with E-state index in [4.69, 9.17) is 11.6 Å². The summed E-state index contributed by atoms with van der Waals surface area (Å²) in [5.41, 5.74) is 3.42. The van der Waals surface area contributed by atoms with Crippen LogP contribution in [0.15, 0.2) is 42.5 Å². The van der Waals surface area contributed by atoms with Gasteiger partial charge in [-0.3, -0.25) is 9.59 Å².